The number of anilines is 1. The van der Waals surface area contributed by atoms with Crippen molar-refractivity contribution in [3.05, 3.63) is 23.2 Å². The summed E-state index contributed by atoms with van der Waals surface area (Å²) in [5, 5.41) is 7.78. The minimum absolute atomic E-state index is 0.0381. The quantitative estimate of drug-likeness (QED) is 0.568. The van der Waals surface area contributed by atoms with Crippen molar-refractivity contribution in [2.45, 2.75) is 60.4 Å². The summed E-state index contributed by atoms with van der Waals surface area (Å²) >= 11 is 6.21. The number of rotatable bonds is 5. The molecule has 0 aromatic heterocycles. The Morgan fingerprint density at radius 1 is 1.09 bits per heavy atom. The van der Waals surface area contributed by atoms with Crippen LogP contribution in [-0.4, -0.2) is 73.3 Å². The molecular weight excluding hydrogens is 523 g/mol. The minimum atomic E-state index is -4.87. The third-order valence-electron chi connectivity index (χ3n) is 7.03. The molecule has 3 aliphatic rings. The van der Waals surface area contributed by atoms with Gasteiger partial charge in [-0.05, 0) is 37.5 Å². The van der Waals surface area contributed by atoms with E-state index in [-0.39, 0.29) is 35.8 Å². The number of carbonyl (C=O) groups is 2. The average molecular weight is 545 g/mol. The first-order valence-corrected chi connectivity index (χ1v) is 12.8. The number of sulfone groups is 1. The Balaban J connectivity index is 1.57. The van der Waals surface area contributed by atoms with E-state index >= 15 is 0 Å². The molecule has 2 saturated heterocycles. The fourth-order valence-corrected chi connectivity index (χ4v) is 6.93. The third-order valence-corrected chi connectivity index (χ3v) is 9.64. The Labute approximate surface area is 202 Å². The number of hydrogen-bond acceptors (Lipinski definition) is 5. The number of aliphatic carboxylic acids is 1. The first kappa shape index (κ1) is 25.9. The topological polar surface area (TPSA) is 95.0 Å². The van der Waals surface area contributed by atoms with Crippen molar-refractivity contribution in [2.24, 2.45) is 5.41 Å². The number of piperidine rings is 1. The van der Waals surface area contributed by atoms with Gasteiger partial charge >= 0.3 is 12.1 Å². The Morgan fingerprint density at radius 3 is 2.17 bits per heavy atom. The van der Waals surface area contributed by atoms with E-state index in [9.17, 15) is 45.1 Å². The molecule has 2 aliphatic heterocycles. The van der Waals surface area contributed by atoms with Gasteiger partial charge in [-0.15, -0.1) is 0 Å². The highest BCUT2D eigenvalue weighted by atomic mass is 35.5. The van der Waals surface area contributed by atoms with Crippen LogP contribution in [0.3, 0.4) is 0 Å². The molecule has 194 valence electrons. The zero-order valence-corrected chi connectivity index (χ0v) is 19.8. The highest BCUT2D eigenvalue weighted by Crippen LogP contribution is 2.59. The molecule has 0 bridgehead atoms. The van der Waals surface area contributed by atoms with Crippen molar-refractivity contribution >= 4 is 39.0 Å². The van der Waals surface area contributed by atoms with E-state index in [1.165, 1.54) is 12.1 Å². The summed E-state index contributed by atoms with van der Waals surface area (Å²) in [7, 11) is -4.34. The first-order chi connectivity index (χ1) is 16.1. The van der Waals surface area contributed by atoms with Crippen LogP contribution < -0.4 is 4.90 Å². The molecule has 2 heterocycles. The molecule has 3 fully saturated rings. The molecule has 0 spiro atoms. The molecule has 1 aliphatic carbocycles. The number of likely N-dealkylation sites (tertiary alicyclic amines) is 1. The molecule has 1 N–H and O–H groups in total. The number of nitrogens with zero attached hydrogens (tertiary/aromatic N) is 2. The summed E-state index contributed by atoms with van der Waals surface area (Å²) in [5.74, 6) is -5.81. The van der Waals surface area contributed by atoms with Gasteiger partial charge in [0, 0.05) is 38.2 Å². The highest BCUT2D eigenvalue weighted by molar-refractivity contribution is 7.92. The van der Waals surface area contributed by atoms with Crippen LogP contribution >= 0.6 is 11.6 Å². The number of carbonyl (C=O) groups excluding carboxylic acids is 1. The number of halogens is 6. The number of amides is 1. The number of carboxylic acids is 1. The maximum absolute atomic E-state index is 13.4. The average Bonchev–Trinajstić information content (AvgIpc) is 3.45. The Bertz CT molecular complexity index is 1150. The van der Waals surface area contributed by atoms with Crippen molar-refractivity contribution in [1.29, 1.82) is 0 Å². The van der Waals surface area contributed by atoms with Gasteiger partial charge in [-0.3, -0.25) is 4.79 Å². The smallest absolute Gasteiger partial charge is 0.403 e. The van der Waals surface area contributed by atoms with E-state index in [1.807, 2.05) is 0 Å². The second kappa shape index (κ2) is 8.46. The van der Waals surface area contributed by atoms with E-state index in [4.69, 9.17) is 11.6 Å². The maximum atomic E-state index is 13.4. The Morgan fingerprint density at radius 2 is 1.69 bits per heavy atom. The second-order valence-electron chi connectivity index (χ2n) is 9.25. The van der Waals surface area contributed by atoms with Crippen LogP contribution in [-0.2, 0) is 19.4 Å². The van der Waals surface area contributed by atoms with Gasteiger partial charge in [0.25, 0.3) is 5.92 Å². The van der Waals surface area contributed by atoms with Gasteiger partial charge in [-0.2, -0.15) is 13.2 Å². The molecule has 1 aromatic rings. The molecule has 14 heteroatoms. The van der Waals surface area contributed by atoms with Crippen LogP contribution in [0.25, 0.3) is 0 Å². The minimum Gasteiger partial charge on any atom is -0.480 e. The molecule has 0 radical (unpaired) electrons. The van der Waals surface area contributed by atoms with E-state index in [1.54, 1.807) is 4.90 Å². The fourth-order valence-electron chi connectivity index (χ4n) is 4.69. The molecule has 1 saturated carbocycles. The standard InChI is InChI=1S/C21H22ClF5N2O5S/c22-14-9-12(28-7-5-20(23,24)6-8-28)1-2-16(14)35(33,34)13-10-15(17(30)31)29(11-13)18(32)19(3-4-19)21(25,26)27/h1-2,9,13,15H,3-8,10-11H2,(H,30,31)/t13-,15+/m1/s1. The van der Waals surface area contributed by atoms with Crippen LogP contribution in [0.1, 0.15) is 32.1 Å². The lowest BCUT2D eigenvalue weighted by Crippen LogP contribution is -2.48. The van der Waals surface area contributed by atoms with Gasteiger partial charge in [0.05, 0.1) is 15.2 Å². The van der Waals surface area contributed by atoms with E-state index < -0.39 is 76.3 Å². The van der Waals surface area contributed by atoms with Gasteiger partial charge in [-0.25, -0.2) is 22.0 Å². The lowest BCUT2D eigenvalue weighted by Gasteiger charge is -2.33. The van der Waals surface area contributed by atoms with Crippen molar-refractivity contribution in [3.8, 4) is 0 Å². The van der Waals surface area contributed by atoms with Crippen molar-refractivity contribution in [2.75, 3.05) is 24.5 Å². The lowest BCUT2D eigenvalue weighted by molar-refractivity contribution is -0.199. The van der Waals surface area contributed by atoms with Crippen LogP contribution in [0, 0.1) is 5.41 Å². The van der Waals surface area contributed by atoms with E-state index in [2.05, 4.69) is 0 Å². The molecule has 4 rings (SSSR count). The van der Waals surface area contributed by atoms with Gasteiger partial charge in [0.2, 0.25) is 5.91 Å². The summed E-state index contributed by atoms with van der Waals surface area (Å²) < 4.78 is 93.7. The molecular formula is C21H22ClF5N2O5S. The summed E-state index contributed by atoms with van der Waals surface area (Å²) in [6.45, 7) is -0.637. The molecule has 1 amide bonds. The molecule has 7 nitrogen and oxygen atoms in total. The zero-order chi connectivity index (χ0) is 26.0. The van der Waals surface area contributed by atoms with Gasteiger partial charge in [-0.1, -0.05) is 11.6 Å². The SMILES string of the molecule is O=C(O)[C@@H]1C[C@@H](S(=O)(=O)c2ccc(N3CCC(F)(F)CC3)cc2Cl)CN1C(=O)C1(C(F)(F)F)CC1. The number of alkyl halides is 5. The monoisotopic (exact) mass is 544 g/mol. The maximum Gasteiger partial charge on any atom is 0.403 e. The summed E-state index contributed by atoms with van der Waals surface area (Å²) in [4.78, 5) is 26.2. The largest absolute Gasteiger partial charge is 0.480 e. The predicted molar refractivity (Wildman–Crippen MR) is 114 cm³/mol. The number of carboxylic acid groups (broad SMARTS) is 1. The zero-order valence-electron chi connectivity index (χ0n) is 18.2. The molecule has 2 atom stereocenters. The lowest BCUT2D eigenvalue weighted by atomic mass is 10.0. The van der Waals surface area contributed by atoms with Crippen molar-refractivity contribution < 1.29 is 45.1 Å². The summed E-state index contributed by atoms with van der Waals surface area (Å²) in [6, 6.07) is 2.12. The first-order valence-electron chi connectivity index (χ1n) is 10.9. The predicted octanol–water partition coefficient (Wildman–Crippen LogP) is 3.75. The summed E-state index contributed by atoms with van der Waals surface area (Å²) in [5.41, 5.74) is -2.25. The van der Waals surface area contributed by atoms with Crippen molar-refractivity contribution in [1.82, 2.24) is 4.90 Å². The fraction of sp³-hybridized carbons (Fsp3) is 0.619. The molecule has 35 heavy (non-hydrogen) atoms. The third kappa shape index (κ3) is 4.56. The van der Waals surface area contributed by atoms with E-state index in [0.717, 1.165) is 6.07 Å². The van der Waals surface area contributed by atoms with E-state index in [0.29, 0.717) is 10.6 Å². The molecule has 0 unspecified atom stereocenters. The van der Waals surface area contributed by atoms with Gasteiger partial charge in [0.1, 0.15) is 11.5 Å². The number of hydrogen-bond donors (Lipinski definition) is 1. The van der Waals surface area contributed by atoms with Gasteiger partial charge < -0.3 is 14.9 Å². The highest BCUT2D eigenvalue weighted by Gasteiger charge is 2.70. The normalized spacial score (nSPS) is 26.0. The van der Waals surface area contributed by atoms with Crippen LogP contribution in [0.2, 0.25) is 5.02 Å². The van der Waals surface area contributed by atoms with Crippen LogP contribution in [0.5, 0.6) is 0 Å². The Hall–Kier alpha value is -2.15. The molecule has 1 aromatic carbocycles. The van der Waals surface area contributed by atoms with Crippen molar-refractivity contribution in [3.63, 3.8) is 0 Å². The van der Waals surface area contributed by atoms with Crippen LogP contribution in [0.15, 0.2) is 23.1 Å². The second-order valence-corrected chi connectivity index (χ2v) is 11.9. The van der Waals surface area contributed by atoms with Gasteiger partial charge in [0.15, 0.2) is 9.84 Å². The number of benzene rings is 1. The summed E-state index contributed by atoms with van der Waals surface area (Å²) in [6.07, 6.45) is -7.16. The van der Waals surface area contributed by atoms with Crippen LogP contribution in [0.4, 0.5) is 27.6 Å². The Kier molecular flexibility index (Phi) is 6.27.